The Hall–Kier alpha value is -2.01. The van der Waals surface area contributed by atoms with E-state index in [1.54, 1.807) is 31.2 Å². The van der Waals surface area contributed by atoms with E-state index in [9.17, 15) is 18.0 Å². The van der Waals surface area contributed by atoms with Crippen molar-refractivity contribution < 1.29 is 18.0 Å². The number of alkyl halides is 3. The van der Waals surface area contributed by atoms with Crippen LogP contribution in [-0.4, -0.2) is 22.0 Å². The second-order valence-electron chi connectivity index (χ2n) is 4.93. The summed E-state index contributed by atoms with van der Waals surface area (Å²) >= 11 is 0.371. The normalized spacial score (nSPS) is 24.9. The summed E-state index contributed by atoms with van der Waals surface area (Å²) in [4.78, 5) is 15.7. The van der Waals surface area contributed by atoms with E-state index in [2.05, 4.69) is 10.3 Å². The molecule has 1 N–H and O–H groups in total. The molecule has 0 aromatic heterocycles. The molecule has 1 unspecified atom stereocenters. The lowest BCUT2D eigenvalue weighted by Gasteiger charge is -2.21. The van der Waals surface area contributed by atoms with E-state index >= 15 is 0 Å². The third kappa shape index (κ3) is 2.95. The van der Waals surface area contributed by atoms with Crippen molar-refractivity contribution in [2.24, 2.45) is 4.99 Å². The predicted octanol–water partition coefficient (Wildman–Crippen LogP) is 3.16. The summed E-state index contributed by atoms with van der Waals surface area (Å²) in [5, 5.41) is 10.8. The third-order valence-electron chi connectivity index (χ3n) is 3.33. The van der Waals surface area contributed by atoms with Crippen molar-refractivity contribution >= 4 is 22.8 Å². The molecule has 0 spiro atoms. The molecule has 1 saturated heterocycles. The van der Waals surface area contributed by atoms with Crippen molar-refractivity contribution in [2.75, 3.05) is 0 Å². The molecule has 2 rings (SSSR count). The lowest BCUT2D eigenvalue weighted by Crippen LogP contribution is -2.46. The largest absolute Gasteiger partial charge is 0.412 e. The standard InChI is InChI=1S/C14H12F3N3OS/c1-8(10-5-3-9(7-18)4-6-10)19-12-20-11(21)13(2,22-12)14(15,16)17/h3-6,8H,1-2H3,(H,19,20,21)/t8?,13-/m0/s1. The quantitative estimate of drug-likeness (QED) is 0.907. The lowest BCUT2D eigenvalue weighted by atomic mass is 10.1. The molecule has 2 atom stereocenters. The van der Waals surface area contributed by atoms with Crippen molar-refractivity contribution in [3.63, 3.8) is 0 Å². The second-order valence-corrected chi connectivity index (χ2v) is 6.34. The average molecular weight is 327 g/mol. The molecule has 0 aliphatic carbocycles. The van der Waals surface area contributed by atoms with E-state index in [4.69, 9.17) is 5.26 Å². The molecule has 1 fully saturated rings. The predicted molar refractivity (Wildman–Crippen MR) is 77.2 cm³/mol. The first-order valence-electron chi connectivity index (χ1n) is 6.32. The molecular formula is C14H12F3N3OS. The molecule has 1 aromatic carbocycles. The van der Waals surface area contributed by atoms with Gasteiger partial charge in [0, 0.05) is 0 Å². The van der Waals surface area contributed by atoms with Crippen LogP contribution in [0.5, 0.6) is 0 Å². The van der Waals surface area contributed by atoms with Crippen LogP contribution in [0.25, 0.3) is 0 Å². The fraction of sp³-hybridized carbons (Fsp3) is 0.357. The number of halogens is 3. The minimum absolute atomic E-state index is 0.0540. The number of hydrogen-bond acceptors (Lipinski definition) is 4. The number of aliphatic imine (C=N–C) groups is 1. The Labute approximate surface area is 129 Å². The van der Waals surface area contributed by atoms with Gasteiger partial charge < -0.3 is 5.32 Å². The summed E-state index contributed by atoms with van der Waals surface area (Å²) in [5.41, 5.74) is 1.22. The number of amides is 1. The number of nitrogens with zero attached hydrogens (tertiary/aromatic N) is 2. The van der Waals surface area contributed by atoms with Crippen LogP contribution in [0.4, 0.5) is 13.2 Å². The number of rotatable bonds is 2. The first kappa shape index (κ1) is 16.4. The summed E-state index contributed by atoms with van der Waals surface area (Å²) in [6.45, 7) is 2.53. The van der Waals surface area contributed by atoms with Gasteiger partial charge in [-0.2, -0.15) is 18.4 Å². The van der Waals surface area contributed by atoms with E-state index < -0.39 is 22.9 Å². The number of carbonyl (C=O) groups excluding carboxylic acids is 1. The Morgan fingerprint density at radius 2 is 1.95 bits per heavy atom. The van der Waals surface area contributed by atoms with Gasteiger partial charge in [0.05, 0.1) is 17.7 Å². The Morgan fingerprint density at radius 1 is 1.36 bits per heavy atom. The van der Waals surface area contributed by atoms with Gasteiger partial charge in [-0.1, -0.05) is 23.9 Å². The van der Waals surface area contributed by atoms with Gasteiger partial charge in [0.25, 0.3) is 5.91 Å². The maximum atomic E-state index is 12.9. The molecule has 22 heavy (non-hydrogen) atoms. The molecule has 1 aromatic rings. The van der Waals surface area contributed by atoms with Crippen LogP contribution in [0.2, 0.25) is 0 Å². The van der Waals surface area contributed by atoms with Crippen molar-refractivity contribution in [3.8, 4) is 6.07 Å². The van der Waals surface area contributed by atoms with Gasteiger partial charge in [0.2, 0.25) is 0 Å². The first-order valence-corrected chi connectivity index (χ1v) is 7.14. The summed E-state index contributed by atoms with van der Waals surface area (Å²) in [6.07, 6.45) is -4.66. The highest BCUT2D eigenvalue weighted by molar-refractivity contribution is 8.16. The number of nitrogens with one attached hydrogen (secondary N) is 1. The molecule has 4 nitrogen and oxygen atoms in total. The zero-order valence-corrected chi connectivity index (χ0v) is 12.5. The zero-order chi connectivity index (χ0) is 16.5. The molecular weight excluding hydrogens is 315 g/mol. The Kier molecular flexibility index (Phi) is 4.20. The minimum atomic E-state index is -4.66. The minimum Gasteiger partial charge on any atom is -0.304 e. The highest BCUT2D eigenvalue weighted by atomic mass is 32.2. The van der Waals surface area contributed by atoms with Crippen LogP contribution in [0.1, 0.15) is 31.0 Å². The molecule has 1 aliphatic heterocycles. The van der Waals surface area contributed by atoms with E-state index in [1.807, 2.05) is 6.07 Å². The van der Waals surface area contributed by atoms with Crippen LogP contribution in [0, 0.1) is 11.3 Å². The van der Waals surface area contributed by atoms with Gasteiger partial charge in [-0.05, 0) is 31.5 Å². The highest BCUT2D eigenvalue weighted by Crippen LogP contribution is 2.45. The molecule has 1 aliphatic rings. The molecule has 0 bridgehead atoms. The van der Waals surface area contributed by atoms with Crippen LogP contribution in [0.15, 0.2) is 29.3 Å². The first-order chi connectivity index (χ1) is 10.2. The Balaban J connectivity index is 2.20. The maximum absolute atomic E-state index is 12.9. The van der Waals surface area contributed by atoms with Gasteiger partial charge >= 0.3 is 6.18 Å². The van der Waals surface area contributed by atoms with Crippen molar-refractivity contribution in [1.29, 1.82) is 5.26 Å². The van der Waals surface area contributed by atoms with Crippen LogP contribution in [-0.2, 0) is 4.79 Å². The monoisotopic (exact) mass is 327 g/mol. The van der Waals surface area contributed by atoms with E-state index in [-0.39, 0.29) is 5.17 Å². The number of benzene rings is 1. The summed E-state index contributed by atoms with van der Waals surface area (Å²) in [5.74, 6) is -1.12. The molecule has 8 heteroatoms. The number of hydrogen-bond donors (Lipinski definition) is 1. The SMILES string of the molecule is CC(N=C1NC(=O)[C@@](C)(C(F)(F)F)S1)c1ccc(C#N)cc1. The van der Waals surface area contributed by atoms with E-state index in [1.165, 1.54) is 0 Å². The molecule has 1 amide bonds. The number of nitriles is 1. The van der Waals surface area contributed by atoms with Crippen molar-refractivity contribution in [2.45, 2.75) is 30.8 Å². The average Bonchev–Trinajstić information content (AvgIpc) is 2.74. The summed E-state index contributed by atoms with van der Waals surface area (Å²) in [6, 6.07) is 8.10. The van der Waals surface area contributed by atoms with Crippen molar-refractivity contribution in [1.82, 2.24) is 5.32 Å². The van der Waals surface area contributed by atoms with Crippen molar-refractivity contribution in [3.05, 3.63) is 35.4 Å². The van der Waals surface area contributed by atoms with Gasteiger partial charge in [-0.3, -0.25) is 9.79 Å². The van der Waals surface area contributed by atoms with Gasteiger partial charge in [0.15, 0.2) is 9.91 Å². The fourth-order valence-electron chi connectivity index (χ4n) is 1.81. The second kappa shape index (κ2) is 5.65. The lowest BCUT2D eigenvalue weighted by molar-refractivity contribution is -0.166. The van der Waals surface area contributed by atoms with Gasteiger partial charge in [0.1, 0.15) is 0 Å². The van der Waals surface area contributed by atoms with Crippen LogP contribution >= 0.6 is 11.8 Å². The van der Waals surface area contributed by atoms with Crippen LogP contribution in [0.3, 0.4) is 0 Å². The smallest absolute Gasteiger partial charge is 0.304 e. The number of carbonyl (C=O) groups is 1. The van der Waals surface area contributed by atoms with E-state index in [0.717, 1.165) is 12.5 Å². The Bertz CT molecular complexity index is 663. The topological polar surface area (TPSA) is 65.2 Å². The molecule has 1 heterocycles. The highest BCUT2D eigenvalue weighted by Gasteiger charge is 2.61. The van der Waals surface area contributed by atoms with Crippen LogP contribution < -0.4 is 5.32 Å². The fourth-order valence-corrected chi connectivity index (χ4v) is 2.81. The van der Waals surface area contributed by atoms with Gasteiger partial charge in [-0.25, -0.2) is 0 Å². The van der Waals surface area contributed by atoms with Gasteiger partial charge in [-0.15, -0.1) is 0 Å². The summed E-state index contributed by atoms with van der Waals surface area (Å²) in [7, 11) is 0. The molecule has 0 radical (unpaired) electrons. The number of amidine groups is 1. The number of thioether (sulfide) groups is 1. The molecule has 0 saturated carbocycles. The summed E-state index contributed by atoms with van der Waals surface area (Å²) < 4.78 is 36.3. The maximum Gasteiger partial charge on any atom is 0.412 e. The third-order valence-corrected chi connectivity index (χ3v) is 4.55. The Morgan fingerprint density at radius 3 is 2.41 bits per heavy atom. The zero-order valence-electron chi connectivity index (χ0n) is 11.7. The molecule has 116 valence electrons. The van der Waals surface area contributed by atoms with E-state index in [0.29, 0.717) is 17.3 Å².